The molecule has 5 nitrogen and oxygen atoms in total. The third kappa shape index (κ3) is 3.93. The van der Waals surface area contributed by atoms with Crippen LogP contribution in [0.25, 0.3) is 0 Å². The van der Waals surface area contributed by atoms with Crippen molar-refractivity contribution >= 4 is 11.8 Å². The molecule has 1 aliphatic heterocycles. The number of rotatable bonds is 4. The summed E-state index contributed by atoms with van der Waals surface area (Å²) in [5.74, 6) is 0.550. The quantitative estimate of drug-likeness (QED) is 0.810. The van der Waals surface area contributed by atoms with Crippen LogP contribution in [0.5, 0.6) is 0 Å². The summed E-state index contributed by atoms with van der Waals surface area (Å²) in [6.45, 7) is 5.79. The number of piperidine rings is 1. The molecule has 0 aromatic heterocycles. The minimum atomic E-state index is -0.0962. The Kier molecular flexibility index (Phi) is 5.79. The van der Waals surface area contributed by atoms with Gasteiger partial charge in [0, 0.05) is 39.6 Å². The van der Waals surface area contributed by atoms with Gasteiger partial charge in [-0.15, -0.1) is 0 Å². The van der Waals surface area contributed by atoms with E-state index in [1.165, 1.54) is 0 Å². The molecule has 1 fully saturated rings. The monoisotopic (exact) mass is 269 g/mol. The molecule has 0 aromatic carbocycles. The highest BCUT2D eigenvalue weighted by atomic mass is 16.2. The zero-order valence-corrected chi connectivity index (χ0v) is 12.6. The standard InChI is InChI=1S/C14H27N3O2/c1-10(2)12(9-15)14(19)17-7-5-11(6-8-17)13(18)16(3)4/h10-12H,5-9,15H2,1-4H3. The minimum absolute atomic E-state index is 0.0643. The molecular formula is C14H27N3O2. The van der Waals surface area contributed by atoms with E-state index in [4.69, 9.17) is 5.73 Å². The van der Waals surface area contributed by atoms with E-state index in [2.05, 4.69) is 0 Å². The molecule has 1 rings (SSSR count). The number of carbonyl (C=O) groups excluding carboxylic acids is 2. The van der Waals surface area contributed by atoms with Crippen molar-refractivity contribution in [3.05, 3.63) is 0 Å². The molecular weight excluding hydrogens is 242 g/mol. The van der Waals surface area contributed by atoms with Crippen molar-refractivity contribution in [3.63, 3.8) is 0 Å². The van der Waals surface area contributed by atoms with Crippen LogP contribution in [-0.4, -0.2) is 55.3 Å². The average molecular weight is 269 g/mol. The Balaban J connectivity index is 2.54. The largest absolute Gasteiger partial charge is 0.349 e. The third-order valence-corrected chi connectivity index (χ3v) is 3.97. The maximum absolute atomic E-state index is 12.3. The van der Waals surface area contributed by atoms with E-state index in [1.54, 1.807) is 19.0 Å². The maximum atomic E-state index is 12.3. The molecule has 1 aliphatic rings. The molecule has 1 unspecified atom stereocenters. The topological polar surface area (TPSA) is 66.6 Å². The summed E-state index contributed by atoms with van der Waals surface area (Å²) in [6, 6.07) is 0. The first-order valence-electron chi connectivity index (χ1n) is 7.08. The van der Waals surface area contributed by atoms with Gasteiger partial charge in [-0.3, -0.25) is 9.59 Å². The van der Waals surface area contributed by atoms with Crippen LogP contribution in [0.1, 0.15) is 26.7 Å². The van der Waals surface area contributed by atoms with Gasteiger partial charge in [0.2, 0.25) is 11.8 Å². The summed E-state index contributed by atoms with van der Waals surface area (Å²) in [7, 11) is 3.56. The molecule has 19 heavy (non-hydrogen) atoms. The van der Waals surface area contributed by atoms with E-state index >= 15 is 0 Å². The molecule has 0 aliphatic carbocycles. The number of amides is 2. The van der Waals surface area contributed by atoms with Gasteiger partial charge in [0.1, 0.15) is 0 Å². The van der Waals surface area contributed by atoms with Crippen LogP contribution in [0.15, 0.2) is 0 Å². The summed E-state index contributed by atoms with van der Waals surface area (Å²) >= 11 is 0. The van der Waals surface area contributed by atoms with Crippen molar-refractivity contribution in [2.45, 2.75) is 26.7 Å². The summed E-state index contributed by atoms with van der Waals surface area (Å²) in [5.41, 5.74) is 5.69. The number of nitrogens with zero attached hydrogens (tertiary/aromatic N) is 2. The van der Waals surface area contributed by atoms with E-state index in [9.17, 15) is 9.59 Å². The third-order valence-electron chi connectivity index (χ3n) is 3.97. The average Bonchev–Trinajstić information content (AvgIpc) is 2.38. The van der Waals surface area contributed by atoms with E-state index < -0.39 is 0 Å². The van der Waals surface area contributed by atoms with Crippen molar-refractivity contribution in [2.24, 2.45) is 23.5 Å². The molecule has 5 heteroatoms. The molecule has 0 spiro atoms. The number of nitrogens with two attached hydrogens (primary N) is 1. The molecule has 2 N–H and O–H groups in total. The second-order valence-electron chi connectivity index (χ2n) is 5.92. The molecule has 0 aromatic rings. The summed E-state index contributed by atoms with van der Waals surface area (Å²) in [4.78, 5) is 27.7. The number of hydrogen-bond acceptors (Lipinski definition) is 3. The van der Waals surface area contributed by atoms with Crippen molar-refractivity contribution in [1.82, 2.24) is 9.80 Å². The van der Waals surface area contributed by atoms with Gasteiger partial charge in [0.25, 0.3) is 0 Å². The molecule has 0 bridgehead atoms. The lowest BCUT2D eigenvalue weighted by atomic mass is 9.91. The molecule has 110 valence electrons. The Morgan fingerprint density at radius 3 is 2.16 bits per heavy atom. The number of carbonyl (C=O) groups is 2. The highest BCUT2D eigenvalue weighted by molar-refractivity contribution is 5.81. The van der Waals surface area contributed by atoms with Gasteiger partial charge in [-0.2, -0.15) is 0 Å². The van der Waals surface area contributed by atoms with Crippen LogP contribution in [0.3, 0.4) is 0 Å². The Morgan fingerprint density at radius 1 is 1.26 bits per heavy atom. The first-order chi connectivity index (χ1) is 8.88. The molecule has 2 amide bonds. The highest BCUT2D eigenvalue weighted by Crippen LogP contribution is 2.22. The summed E-state index contributed by atoms with van der Waals surface area (Å²) < 4.78 is 0. The number of hydrogen-bond donors (Lipinski definition) is 1. The second-order valence-corrected chi connectivity index (χ2v) is 5.92. The fourth-order valence-electron chi connectivity index (χ4n) is 2.60. The summed E-state index contributed by atoms with van der Waals surface area (Å²) in [6.07, 6.45) is 1.52. The van der Waals surface area contributed by atoms with Crippen LogP contribution >= 0.6 is 0 Å². The van der Waals surface area contributed by atoms with Crippen LogP contribution in [0.4, 0.5) is 0 Å². The minimum Gasteiger partial charge on any atom is -0.349 e. The predicted molar refractivity (Wildman–Crippen MR) is 75.4 cm³/mol. The molecule has 1 atom stereocenters. The summed E-state index contributed by atoms with van der Waals surface area (Å²) in [5, 5.41) is 0. The highest BCUT2D eigenvalue weighted by Gasteiger charge is 2.31. The van der Waals surface area contributed by atoms with Crippen LogP contribution in [0, 0.1) is 17.8 Å². The zero-order valence-electron chi connectivity index (χ0n) is 12.6. The van der Waals surface area contributed by atoms with Crippen molar-refractivity contribution in [3.8, 4) is 0 Å². The Bertz CT molecular complexity index is 321. The molecule has 0 saturated carbocycles. The van der Waals surface area contributed by atoms with Gasteiger partial charge in [-0.05, 0) is 18.8 Å². The van der Waals surface area contributed by atoms with Gasteiger partial charge in [0.05, 0.1) is 5.92 Å². The van der Waals surface area contributed by atoms with Crippen molar-refractivity contribution in [1.29, 1.82) is 0 Å². The maximum Gasteiger partial charge on any atom is 0.227 e. The smallest absolute Gasteiger partial charge is 0.227 e. The molecule has 1 saturated heterocycles. The normalized spacial score (nSPS) is 18.5. The van der Waals surface area contributed by atoms with Crippen LogP contribution in [0.2, 0.25) is 0 Å². The fourth-order valence-corrected chi connectivity index (χ4v) is 2.60. The Labute approximate surface area is 116 Å². The first-order valence-corrected chi connectivity index (χ1v) is 7.08. The van der Waals surface area contributed by atoms with Crippen LogP contribution < -0.4 is 5.73 Å². The SMILES string of the molecule is CC(C)C(CN)C(=O)N1CCC(C(=O)N(C)C)CC1. The fraction of sp³-hybridized carbons (Fsp3) is 0.857. The van der Waals surface area contributed by atoms with Gasteiger partial charge >= 0.3 is 0 Å². The lowest BCUT2D eigenvalue weighted by Crippen LogP contribution is -2.47. The lowest BCUT2D eigenvalue weighted by Gasteiger charge is -2.35. The van der Waals surface area contributed by atoms with Gasteiger partial charge < -0.3 is 15.5 Å². The van der Waals surface area contributed by atoms with E-state index in [0.29, 0.717) is 19.6 Å². The second kappa shape index (κ2) is 6.89. The van der Waals surface area contributed by atoms with Crippen molar-refractivity contribution < 1.29 is 9.59 Å². The van der Waals surface area contributed by atoms with Crippen molar-refractivity contribution in [2.75, 3.05) is 33.7 Å². The van der Waals surface area contributed by atoms with Gasteiger partial charge in [-0.1, -0.05) is 13.8 Å². The predicted octanol–water partition coefficient (Wildman–Crippen LogP) is 0.544. The number of likely N-dealkylation sites (tertiary alicyclic amines) is 1. The Morgan fingerprint density at radius 2 is 1.79 bits per heavy atom. The van der Waals surface area contributed by atoms with Gasteiger partial charge in [-0.25, -0.2) is 0 Å². The molecule has 0 radical (unpaired) electrons. The lowest BCUT2D eigenvalue weighted by molar-refractivity contribution is -0.142. The zero-order chi connectivity index (χ0) is 14.6. The van der Waals surface area contributed by atoms with Crippen LogP contribution in [-0.2, 0) is 9.59 Å². The van der Waals surface area contributed by atoms with E-state index in [0.717, 1.165) is 12.8 Å². The van der Waals surface area contributed by atoms with Gasteiger partial charge in [0.15, 0.2) is 0 Å². The molecule has 1 heterocycles. The van der Waals surface area contributed by atoms with E-state index in [1.807, 2.05) is 18.7 Å². The van der Waals surface area contributed by atoms with E-state index in [-0.39, 0.29) is 29.6 Å². The first kappa shape index (κ1) is 16.0. The Hall–Kier alpha value is -1.10.